The molecule has 0 unspecified atom stereocenters. The van der Waals surface area contributed by atoms with Crippen LogP contribution in [0.15, 0.2) is 78.0 Å². The summed E-state index contributed by atoms with van der Waals surface area (Å²) in [6, 6.07) is 16.1. The van der Waals surface area contributed by atoms with Crippen molar-refractivity contribution >= 4 is 26.5 Å². The monoisotopic (exact) mass is 399 g/mol. The Morgan fingerprint density at radius 2 is 1.79 bits per heavy atom. The molecule has 142 valence electrons. The molecule has 0 spiro atoms. The number of nitrogens with one attached hydrogen (secondary N) is 1. The fraction of sp³-hybridized carbons (Fsp3) is 0.0500. The number of fused-ring (bicyclic) bond motifs is 1. The van der Waals surface area contributed by atoms with Gasteiger partial charge in [-0.2, -0.15) is 5.10 Å². The first-order valence-electron chi connectivity index (χ1n) is 8.39. The van der Waals surface area contributed by atoms with E-state index < -0.39 is 26.6 Å². The van der Waals surface area contributed by atoms with Crippen LogP contribution in [0.2, 0.25) is 0 Å². The van der Waals surface area contributed by atoms with Crippen molar-refractivity contribution < 1.29 is 17.2 Å². The van der Waals surface area contributed by atoms with Gasteiger partial charge in [-0.1, -0.05) is 42.5 Å². The first-order valence-corrected chi connectivity index (χ1v) is 9.88. The first kappa shape index (κ1) is 18.1. The van der Waals surface area contributed by atoms with Crippen molar-refractivity contribution in [3.05, 3.63) is 90.3 Å². The minimum absolute atomic E-state index is 0.156. The standard InChI is InChI=1S/C20H15F2N3O2S/c21-16-8-9-19(22)20(10-16)28(26,27)24-17-11-23-25(13-17)12-15-6-3-5-14-4-1-2-7-18(14)15/h1-11,13,24H,12H2. The Morgan fingerprint density at radius 3 is 2.64 bits per heavy atom. The van der Waals surface area contributed by atoms with E-state index in [1.807, 2.05) is 42.5 Å². The third kappa shape index (κ3) is 3.59. The van der Waals surface area contributed by atoms with Gasteiger partial charge >= 0.3 is 0 Å². The van der Waals surface area contributed by atoms with Crippen molar-refractivity contribution in [1.82, 2.24) is 9.78 Å². The molecule has 1 N–H and O–H groups in total. The highest BCUT2D eigenvalue weighted by Gasteiger charge is 2.20. The van der Waals surface area contributed by atoms with Crippen LogP contribution in [-0.4, -0.2) is 18.2 Å². The second-order valence-corrected chi connectivity index (χ2v) is 7.90. The summed E-state index contributed by atoms with van der Waals surface area (Å²) in [6.45, 7) is 0.428. The van der Waals surface area contributed by atoms with Crippen LogP contribution in [0.25, 0.3) is 10.8 Å². The van der Waals surface area contributed by atoms with Crippen LogP contribution in [0.5, 0.6) is 0 Å². The van der Waals surface area contributed by atoms with Crippen molar-refractivity contribution in [2.75, 3.05) is 4.72 Å². The molecule has 0 fully saturated rings. The zero-order chi connectivity index (χ0) is 19.7. The number of nitrogens with zero attached hydrogens (tertiary/aromatic N) is 2. The number of benzene rings is 3. The zero-order valence-electron chi connectivity index (χ0n) is 14.5. The lowest BCUT2D eigenvalue weighted by molar-refractivity contribution is 0.555. The highest BCUT2D eigenvalue weighted by Crippen LogP contribution is 2.22. The Hall–Kier alpha value is -3.26. The minimum Gasteiger partial charge on any atom is -0.276 e. The molecular weight excluding hydrogens is 384 g/mol. The molecule has 0 aliphatic carbocycles. The van der Waals surface area contributed by atoms with Crippen LogP contribution in [0.4, 0.5) is 14.5 Å². The van der Waals surface area contributed by atoms with Gasteiger partial charge in [-0.3, -0.25) is 9.40 Å². The van der Waals surface area contributed by atoms with Gasteiger partial charge in [0.25, 0.3) is 10.0 Å². The molecule has 1 aromatic heterocycles. The van der Waals surface area contributed by atoms with Gasteiger partial charge in [0.2, 0.25) is 0 Å². The molecule has 5 nitrogen and oxygen atoms in total. The number of rotatable bonds is 5. The van der Waals surface area contributed by atoms with Crippen molar-refractivity contribution in [1.29, 1.82) is 0 Å². The predicted octanol–water partition coefficient (Wildman–Crippen LogP) is 4.16. The van der Waals surface area contributed by atoms with Gasteiger partial charge < -0.3 is 0 Å². The van der Waals surface area contributed by atoms with Crippen LogP contribution in [0, 0.1) is 11.6 Å². The van der Waals surface area contributed by atoms with Crippen LogP contribution in [0.3, 0.4) is 0 Å². The van der Waals surface area contributed by atoms with E-state index >= 15 is 0 Å². The molecule has 0 saturated carbocycles. The molecule has 8 heteroatoms. The summed E-state index contributed by atoms with van der Waals surface area (Å²) in [6.07, 6.45) is 2.82. The fourth-order valence-corrected chi connectivity index (χ4v) is 4.12. The largest absolute Gasteiger partial charge is 0.276 e. The second-order valence-electron chi connectivity index (χ2n) is 6.25. The average molecular weight is 399 g/mol. The number of anilines is 1. The summed E-state index contributed by atoms with van der Waals surface area (Å²) in [7, 11) is -4.28. The van der Waals surface area contributed by atoms with E-state index in [1.54, 1.807) is 4.68 Å². The van der Waals surface area contributed by atoms with Gasteiger partial charge in [-0.05, 0) is 34.5 Å². The predicted molar refractivity (Wildman–Crippen MR) is 102 cm³/mol. The molecule has 0 aliphatic heterocycles. The summed E-state index contributed by atoms with van der Waals surface area (Å²) in [5.74, 6) is -1.87. The number of aromatic nitrogens is 2. The van der Waals surface area contributed by atoms with E-state index in [-0.39, 0.29) is 5.69 Å². The summed E-state index contributed by atoms with van der Waals surface area (Å²) >= 11 is 0. The molecule has 4 rings (SSSR count). The molecule has 0 bridgehead atoms. The van der Waals surface area contributed by atoms with E-state index in [9.17, 15) is 17.2 Å². The van der Waals surface area contributed by atoms with Gasteiger partial charge in [0.15, 0.2) is 0 Å². The second kappa shape index (κ2) is 7.05. The van der Waals surface area contributed by atoms with Crippen LogP contribution < -0.4 is 4.72 Å². The first-order chi connectivity index (χ1) is 13.4. The Bertz CT molecular complexity index is 1260. The zero-order valence-corrected chi connectivity index (χ0v) is 15.3. The highest BCUT2D eigenvalue weighted by atomic mass is 32.2. The normalized spacial score (nSPS) is 11.6. The van der Waals surface area contributed by atoms with Gasteiger partial charge in [-0.25, -0.2) is 17.2 Å². The number of halogens is 2. The molecule has 0 atom stereocenters. The van der Waals surface area contributed by atoms with Crippen LogP contribution >= 0.6 is 0 Å². The smallest absolute Gasteiger partial charge is 0.265 e. The molecule has 3 aromatic carbocycles. The Morgan fingerprint density at radius 1 is 1.00 bits per heavy atom. The lowest BCUT2D eigenvalue weighted by Crippen LogP contribution is -2.14. The molecule has 0 aliphatic rings. The fourth-order valence-electron chi connectivity index (χ4n) is 3.00. The SMILES string of the molecule is O=S(=O)(Nc1cnn(Cc2cccc3ccccc23)c1)c1cc(F)ccc1F. The average Bonchev–Trinajstić information content (AvgIpc) is 3.10. The molecular formula is C20H15F2N3O2S. The van der Waals surface area contributed by atoms with Crippen molar-refractivity contribution in [2.45, 2.75) is 11.4 Å². The third-order valence-corrected chi connectivity index (χ3v) is 5.68. The molecule has 0 radical (unpaired) electrons. The van der Waals surface area contributed by atoms with Crippen molar-refractivity contribution in [3.8, 4) is 0 Å². The molecule has 0 saturated heterocycles. The summed E-state index contributed by atoms with van der Waals surface area (Å²) in [5, 5.41) is 6.32. The van der Waals surface area contributed by atoms with Gasteiger partial charge in [0.05, 0.1) is 18.4 Å². The Kier molecular flexibility index (Phi) is 4.56. The maximum absolute atomic E-state index is 13.8. The molecule has 0 amide bonds. The lowest BCUT2D eigenvalue weighted by Gasteiger charge is -2.08. The number of hydrogen-bond acceptors (Lipinski definition) is 3. The summed E-state index contributed by atoms with van der Waals surface area (Å²) < 4.78 is 55.6. The summed E-state index contributed by atoms with van der Waals surface area (Å²) in [5.41, 5.74) is 1.18. The third-order valence-electron chi connectivity index (χ3n) is 4.28. The van der Waals surface area contributed by atoms with E-state index in [0.717, 1.165) is 28.5 Å². The van der Waals surface area contributed by atoms with E-state index in [0.29, 0.717) is 12.6 Å². The van der Waals surface area contributed by atoms with Crippen LogP contribution in [0.1, 0.15) is 5.56 Å². The summed E-state index contributed by atoms with van der Waals surface area (Å²) in [4.78, 5) is -0.755. The Balaban J connectivity index is 1.58. The molecule has 28 heavy (non-hydrogen) atoms. The van der Waals surface area contributed by atoms with Crippen LogP contribution in [-0.2, 0) is 16.6 Å². The van der Waals surface area contributed by atoms with Crippen molar-refractivity contribution in [3.63, 3.8) is 0 Å². The Labute approximate surface area is 160 Å². The topological polar surface area (TPSA) is 64.0 Å². The van der Waals surface area contributed by atoms with E-state index in [1.165, 1.54) is 12.4 Å². The molecule has 1 heterocycles. The van der Waals surface area contributed by atoms with Gasteiger partial charge in [0.1, 0.15) is 16.5 Å². The van der Waals surface area contributed by atoms with Gasteiger partial charge in [0, 0.05) is 6.20 Å². The van der Waals surface area contributed by atoms with Crippen molar-refractivity contribution in [2.24, 2.45) is 0 Å². The van der Waals surface area contributed by atoms with E-state index in [2.05, 4.69) is 9.82 Å². The lowest BCUT2D eigenvalue weighted by atomic mass is 10.0. The quantitative estimate of drug-likeness (QED) is 0.548. The van der Waals surface area contributed by atoms with E-state index in [4.69, 9.17) is 0 Å². The van der Waals surface area contributed by atoms with Gasteiger partial charge in [-0.15, -0.1) is 0 Å². The number of sulfonamides is 1. The molecule has 4 aromatic rings. The maximum Gasteiger partial charge on any atom is 0.265 e. The highest BCUT2D eigenvalue weighted by molar-refractivity contribution is 7.92. The number of hydrogen-bond donors (Lipinski definition) is 1. The maximum atomic E-state index is 13.8. The minimum atomic E-state index is -4.28.